The zero-order valence-electron chi connectivity index (χ0n) is 32.5. The molecule has 8 heteroatoms. The highest BCUT2D eigenvalue weighted by atomic mass is 16.5. The number of fused-ring (bicyclic) bond motifs is 6. The van der Waals surface area contributed by atoms with Gasteiger partial charge >= 0.3 is 0 Å². The van der Waals surface area contributed by atoms with Crippen molar-refractivity contribution in [1.29, 1.82) is 0 Å². The molecule has 0 saturated heterocycles. The van der Waals surface area contributed by atoms with E-state index in [1.165, 1.54) is 0 Å². The predicted octanol–water partition coefficient (Wildman–Crippen LogP) is 12.0. The zero-order valence-corrected chi connectivity index (χ0v) is 32.5. The molecule has 10 rings (SSSR count). The number of para-hydroxylation sites is 6. The molecular weight excluding hydrogens is 733 g/mol. The van der Waals surface area contributed by atoms with Gasteiger partial charge in [0, 0.05) is 62.6 Å². The standard InChI is InChI=1S/C51H40N4O4/c1-32(58-46-25-13-7-19-38(46)40-27-29-52-50(48(40)56)54-42-21-9-3-15-34(42)35-16-4-10-22-43(35)54)31-33(2)59-47-26-14-8-20-39(47)41-28-30-53-51(49(41)57)55-44-23-11-5-17-36(44)37-18-6-12-24-45(37)55/h3-30,32-33,56-57H,31H2,1-2H3/t32-,33?/m1/s1. The maximum Gasteiger partial charge on any atom is 0.180 e. The number of aromatic nitrogens is 4. The molecule has 288 valence electrons. The van der Waals surface area contributed by atoms with Crippen LogP contribution in [0.3, 0.4) is 0 Å². The third-order valence-electron chi connectivity index (χ3n) is 11.1. The lowest BCUT2D eigenvalue weighted by Gasteiger charge is -2.23. The SMILES string of the molecule is CC(C[C@@H](C)Oc1ccccc1-c1ccnc(-n2c3ccccc3c3ccccc32)c1O)Oc1ccccc1-c1ccnc(-n2c3ccccc3c3ccccc32)c1O. The Hall–Kier alpha value is -7.58. The number of hydrogen-bond donors (Lipinski definition) is 2. The second-order valence-electron chi connectivity index (χ2n) is 14.9. The van der Waals surface area contributed by atoms with Gasteiger partial charge in [-0.15, -0.1) is 0 Å². The maximum atomic E-state index is 11.9. The predicted molar refractivity (Wildman–Crippen MR) is 236 cm³/mol. The van der Waals surface area contributed by atoms with Gasteiger partial charge < -0.3 is 19.7 Å². The Bertz CT molecular complexity index is 2870. The number of aromatic hydroxyl groups is 2. The van der Waals surface area contributed by atoms with Crippen LogP contribution in [0.1, 0.15) is 20.3 Å². The van der Waals surface area contributed by atoms with Crippen LogP contribution in [-0.4, -0.2) is 41.5 Å². The van der Waals surface area contributed by atoms with Crippen molar-refractivity contribution in [2.45, 2.75) is 32.5 Å². The molecule has 2 N–H and O–H groups in total. The number of hydrogen-bond acceptors (Lipinski definition) is 6. The third kappa shape index (κ3) is 6.17. The van der Waals surface area contributed by atoms with Crippen molar-refractivity contribution in [1.82, 2.24) is 19.1 Å². The van der Waals surface area contributed by atoms with Gasteiger partial charge in [-0.25, -0.2) is 9.97 Å². The Morgan fingerprint density at radius 1 is 0.424 bits per heavy atom. The maximum absolute atomic E-state index is 11.9. The van der Waals surface area contributed by atoms with E-state index in [1.807, 2.05) is 156 Å². The first-order valence-corrected chi connectivity index (χ1v) is 19.8. The van der Waals surface area contributed by atoms with Crippen molar-refractivity contribution in [3.05, 3.63) is 170 Å². The summed E-state index contributed by atoms with van der Waals surface area (Å²) in [6, 6.07) is 51.8. The molecule has 0 saturated carbocycles. The molecule has 8 nitrogen and oxygen atoms in total. The van der Waals surface area contributed by atoms with Crippen LogP contribution >= 0.6 is 0 Å². The van der Waals surface area contributed by atoms with E-state index in [2.05, 4.69) is 34.2 Å². The van der Waals surface area contributed by atoms with Gasteiger partial charge in [0.25, 0.3) is 0 Å². The number of pyridine rings is 2. The highest BCUT2D eigenvalue weighted by Gasteiger charge is 2.23. The molecule has 59 heavy (non-hydrogen) atoms. The molecule has 4 heterocycles. The van der Waals surface area contributed by atoms with Gasteiger partial charge in [-0.3, -0.25) is 9.13 Å². The second kappa shape index (κ2) is 14.7. The van der Waals surface area contributed by atoms with E-state index in [0.717, 1.165) is 54.7 Å². The molecule has 6 aromatic carbocycles. The number of ether oxygens (including phenoxy) is 2. The fourth-order valence-corrected chi connectivity index (χ4v) is 8.53. The number of rotatable bonds is 10. The summed E-state index contributed by atoms with van der Waals surface area (Å²) < 4.78 is 17.3. The van der Waals surface area contributed by atoms with E-state index in [-0.39, 0.29) is 23.7 Å². The third-order valence-corrected chi connectivity index (χ3v) is 11.1. The molecule has 1 unspecified atom stereocenters. The van der Waals surface area contributed by atoms with Crippen LogP contribution in [0.4, 0.5) is 0 Å². The van der Waals surface area contributed by atoms with Crippen molar-refractivity contribution in [3.8, 4) is 56.9 Å². The number of nitrogens with zero attached hydrogens (tertiary/aromatic N) is 4. The lowest BCUT2D eigenvalue weighted by atomic mass is 10.0. The number of benzene rings is 6. The average molecular weight is 773 g/mol. The van der Waals surface area contributed by atoms with Gasteiger partial charge in [-0.2, -0.15) is 0 Å². The molecule has 0 bridgehead atoms. The Kier molecular flexibility index (Phi) is 8.94. The van der Waals surface area contributed by atoms with E-state index in [1.54, 1.807) is 12.4 Å². The van der Waals surface area contributed by atoms with Gasteiger partial charge in [0.05, 0.1) is 34.3 Å². The van der Waals surface area contributed by atoms with Crippen molar-refractivity contribution < 1.29 is 19.7 Å². The lowest BCUT2D eigenvalue weighted by molar-refractivity contribution is 0.131. The van der Waals surface area contributed by atoms with Gasteiger partial charge in [0.1, 0.15) is 11.5 Å². The normalized spacial score (nSPS) is 12.6. The fraction of sp³-hybridized carbons (Fsp3) is 0.0980. The summed E-state index contributed by atoms with van der Waals surface area (Å²) in [5.41, 5.74) is 6.61. The molecule has 4 aromatic heterocycles. The van der Waals surface area contributed by atoms with Crippen molar-refractivity contribution in [2.75, 3.05) is 0 Å². The van der Waals surface area contributed by atoms with E-state index < -0.39 is 0 Å². The van der Waals surface area contributed by atoms with Crippen molar-refractivity contribution in [2.24, 2.45) is 0 Å². The minimum absolute atomic E-state index is 0.0664. The molecule has 0 fully saturated rings. The molecule has 0 aliphatic carbocycles. The first-order valence-electron chi connectivity index (χ1n) is 19.8. The Morgan fingerprint density at radius 2 is 0.746 bits per heavy atom. The Balaban J connectivity index is 0.917. The van der Waals surface area contributed by atoms with Gasteiger partial charge in [-0.05, 0) is 62.4 Å². The molecule has 0 aliphatic heterocycles. The van der Waals surface area contributed by atoms with Gasteiger partial charge in [-0.1, -0.05) is 109 Å². The van der Waals surface area contributed by atoms with Gasteiger partial charge in [0.15, 0.2) is 23.1 Å². The van der Waals surface area contributed by atoms with Crippen LogP contribution in [-0.2, 0) is 0 Å². The van der Waals surface area contributed by atoms with Crippen LogP contribution in [0, 0.1) is 0 Å². The average Bonchev–Trinajstić information content (AvgIpc) is 3.77. The van der Waals surface area contributed by atoms with Crippen molar-refractivity contribution >= 4 is 43.6 Å². The van der Waals surface area contributed by atoms with E-state index in [9.17, 15) is 10.2 Å². The first-order chi connectivity index (χ1) is 29.0. The molecule has 0 radical (unpaired) electrons. The zero-order chi connectivity index (χ0) is 40.0. The minimum Gasteiger partial charge on any atom is -0.504 e. The minimum atomic E-state index is -0.254. The largest absolute Gasteiger partial charge is 0.504 e. The highest BCUT2D eigenvalue weighted by molar-refractivity contribution is 6.10. The van der Waals surface area contributed by atoms with Crippen LogP contribution < -0.4 is 9.47 Å². The lowest BCUT2D eigenvalue weighted by Crippen LogP contribution is -2.23. The van der Waals surface area contributed by atoms with E-state index in [0.29, 0.717) is 40.7 Å². The summed E-state index contributed by atoms with van der Waals surface area (Å²) in [5.74, 6) is 2.31. The first kappa shape index (κ1) is 35.8. The van der Waals surface area contributed by atoms with E-state index in [4.69, 9.17) is 9.47 Å². The fourth-order valence-electron chi connectivity index (χ4n) is 8.53. The van der Waals surface area contributed by atoms with Gasteiger partial charge in [0.2, 0.25) is 0 Å². The summed E-state index contributed by atoms with van der Waals surface area (Å²) in [6.07, 6.45) is 3.51. The monoisotopic (exact) mass is 772 g/mol. The van der Waals surface area contributed by atoms with Crippen LogP contribution in [0.15, 0.2) is 170 Å². The van der Waals surface area contributed by atoms with Crippen LogP contribution in [0.2, 0.25) is 0 Å². The summed E-state index contributed by atoms with van der Waals surface area (Å²) in [4.78, 5) is 9.38. The molecular formula is C51H40N4O4. The van der Waals surface area contributed by atoms with Crippen molar-refractivity contribution in [3.63, 3.8) is 0 Å². The summed E-state index contributed by atoms with van der Waals surface area (Å²) in [7, 11) is 0. The molecule has 2 atom stereocenters. The molecule has 0 aliphatic rings. The summed E-state index contributed by atoms with van der Waals surface area (Å²) in [5, 5.41) is 28.2. The molecule has 10 aromatic rings. The quantitative estimate of drug-likeness (QED) is 0.144. The molecule has 0 spiro atoms. The van der Waals surface area contributed by atoms with Crippen LogP contribution in [0.5, 0.6) is 23.0 Å². The Morgan fingerprint density at radius 3 is 1.12 bits per heavy atom. The summed E-state index contributed by atoms with van der Waals surface area (Å²) in [6.45, 7) is 4.04. The molecule has 0 amide bonds. The highest BCUT2D eigenvalue weighted by Crippen LogP contribution is 2.43. The van der Waals surface area contributed by atoms with Crippen LogP contribution in [0.25, 0.3) is 77.5 Å². The second-order valence-corrected chi connectivity index (χ2v) is 14.9. The van der Waals surface area contributed by atoms with E-state index >= 15 is 0 Å². The smallest absolute Gasteiger partial charge is 0.180 e. The summed E-state index contributed by atoms with van der Waals surface area (Å²) >= 11 is 0. The Labute approximate surface area is 340 Å². The topological polar surface area (TPSA) is 94.6 Å².